The number of aliphatic hydroxyl groups is 1. The quantitative estimate of drug-likeness (QED) is 0.273. The molecular weight excluding hydrogens is 552 g/mol. The molecule has 8 unspecified atom stereocenters. The molecule has 1 spiro atoms. The summed E-state index contributed by atoms with van der Waals surface area (Å²) in [7, 11) is 0. The molecule has 1 aliphatic heterocycles. The van der Waals surface area contributed by atoms with Crippen molar-refractivity contribution in [1.82, 2.24) is 0 Å². The van der Waals surface area contributed by atoms with E-state index in [-0.39, 0.29) is 12.8 Å². The van der Waals surface area contributed by atoms with E-state index in [1.54, 1.807) is 50.3 Å². The zero-order chi connectivity index (χ0) is 31.2. The average molecular weight is 593 g/mol. The third-order valence-corrected chi connectivity index (χ3v) is 9.50. The van der Waals surface area contributed by atoms with E-state index in [0.717, 1.165) is 5.56 Å². The molecule has 2 aliphatic carbocycles. The molecule has 9 heteroatoms. The molecule has 3 fully saturated rings. The second-order valence-corrected chi connectivity index (χ2v) is 12.7. The maximum absolute atomic E-state index is 13.7. The minimum Gasteiger partial charge on any atom is -0.494 e. The maximum atomic E-state index is 13.7. The largest absolute Gasteiger partial charge is 0.494 e. The third-order valence-electron chi connectivity index (χ3n) is 9.50. The lowest BCUT2D eigenvalue weighted by molar-refractivity contribution is -0.336. The zero-order valence-corrected chi connectivity index (χ0v) is 25.4. The van der Waals surface area contributed by atoms with E-state index >= 15 is 0 Å². The first-order valence-corrected chi connectivity index (χ1v) is 14.6. The molecule has 43 heavy (non-hydrogen) atoms. The molecule has 2 bridgehead atoms. The van der Waals surface area contributed by atoms with Crippen molar-refractivity contribution in [1.29, 1.82) is 0 Å². The highest BCUT2D eigenvalue weighted by molar-refractivity contribution is 5.89. The Labute approximate surface area is 252 Å². The van der Waals surface area contributed by atoms with Gasteiger partial charge in [-0.1, -0.05) is 48.5 Å². The number of carbonyl (C=O) groups is 3. The molecule has 0 radical (unpaired) electrons. The van der Waals surface area contributed by atoms with Gasteiger partial charge in [0, 0.05) is 13.8 Å². The normalized spacial score (nSPS) is 35.9. The molecule has 1 saturated heterocycles. The molecule has 2 aromatic rings. The monoisotopic (exact) mass is 592 g/mol. The highest BCUT2D eigenvalue weighted by Crippen LogP contribution is 2.69. The minimum absolute atomic E-state index is 0.180. The summed E-state index contributed by atoms with van der Waals surface area (Å²) in [6, 6.07) is 18.1. The van der Waals surface area contributed by atoms with Crippen LogP contribution in [0.1, 0.15) is 70.3 Å². The van der Waals surface area contributed by atoms with E-state index in [4.69, 9.17) is 23.7 Å². The number of ether oxygens (including phenoxy) is 5. The summed E-state index contributed by atoms with van der Waals surface area (Å²) in [6.45, 7) is 9.69. The average Bonchev–Trinajstić information content (AvgIpc) is 3.15. The van der Waals surface area contributed by atoms with Gasteiger partial charge in [0.15, 0.2) is 6.10 Å². The molecule has 9 nitrogen and oxygen atoms in total. The van der Waals surface area contributed by atoms with Gasteiger partial charge in [0.2, 0.25) is 0 Å². The molecule has 1 N–H and O–H groups in total. The van der Waals surface area contributed by atoms with Crippen LogP contribution in [0.5, 0.6) is 0 Å². The van der Waals surface area contributed by atoms with E-state index in [1.807, 2.05) is 44.2 Å². The minimum atomic E-state index is -1.64. The Balaban J connectivity index is 1.72. The van der Waals surface area contributed by atoms with Crippen LogP contribution in [0.3, 0.4) is 0 Å². The van der Waals surface area contributed by atoms with Crippen molar-refractivity contribution in [3.05, 3.63) is 78.1 Å². The van der Waals surface area contributed by atoms with Gasteiger partial charge in [-0.15, -0.1) is 0 Å². The molecule has 0 amide bonds. The van der Waals surface area contributed by atoms with Gasteiger partial charge in [-0.25, -0.2) is 4.79 Å². The van der Waals surface area contributed by atoms with Gasteiger partial charge in [-0.2, -0.15) is 0 Å². The van der Waals surface area contributed by atoms with Crippen LogP contribution >= 0.6 is 0 Å². The Morgan fingerprint density at radius 1 is 0.860 bits per heavy atom. The standard InChI is InChI=1S/C34H40O9/c1-21(35)40-25-17-19-32(5,38)34-28(41-22(2)36)26(31(3,4)43-34)27(39-20-18-23-13-9-7-10-14-23)29(33(25,34)6)42-30(37)24-15-11-8-12-16-24/h7-16,18,20,25-29,38H,17,19H2,1-6H3. The predicted molar refractivity (Wildman–Crippen MR) is 156 cm³/mol. The van der Waals surface area contributed by atoms with E-state index in [0.29, 0.717) is 5.56 Å². The molecule has 3 aliphatic rings. The molecular formula is C34H40O9. The summed E-state index contributed by atoms with van der Waals surface area (Å²) in [5.41, 5.74) is -4.48. The number of rotatable bonds is 7. The molecule has 5 rings (SSSR count). The number of hydrogen-bond acceptors (Lipinski definition) is 9. The van der Waals surface area contributed by atoms with Crippen molar-refractivity contribution in [3.8, 4) is 0 Å². The van der Waals surface area contributed by atoms with Crippen LogP contribution in [0.25, 0.3) is 6.08 Å². The van der Waals surface area contributed by atoms with Crippen molar-refractivity contribution < 1.29 is 43.2 Å². The summed E-state index contributed by atoms with van der Waals surface area (Å²) < 4.78 is 31.8. The van der Waals surface area contributed by atoms with Crippen LogP contribution in [0, 0.1) is 11.3 Å². The summed E-state index contributed by atoms with van der Waals surface area (Å²) in [5, 5.41) is 12.2. The van der Waals surface area contributed by atoms with Gasteiger partial charge >= 0.3 is 17.9 Å². The number of fused-ring (bicyclic) bond motifs is 1. The van der Waals surface area contributed by atoms with Gasteiger partial charge in [0.25, 0.3) is 0 Å². The summed E-state index contributed by atoms with van der Waals surface area (Å²) in [6.07, 6.45) is -0.200. The van der Waals surface area contributed by atoms with E-state index in [1.165, 1.54) is 20.1 Å². The van der Waals surface area contributed by atoms with E-state index in [2.05, 4.69) is 0 Å². The Morgan fingerprint density at radius 3 is 2.07 bits per heavy atom. The first-order chi connectivity index (χ1) is 20.2. The molecule has 230 valence electrons. The van der Waals surface area contributed by atoms with Crippen LogP contribution in [0.4, 0.5) is 0 Å². The highest BCUT2D eigenvalue weighted by atomic mass is 16.6. The molecule has 8 atom stereocenters. The Morgan fingerprint density at radius 2 is 1.47 bits per heavy atom. The van der Waals surface area contributed by atoms with Gasteiger partial charge in [0.05, 0.1) is 34.4 Å². The van der Waals surface area contributed by atoms with Crippen LogP contribution in [0.15, 0.2) is 66.9 Å². The second kappa shape index (κ2) is 11.1. The van der Waals surface area contributed by atoms with E-state index < -0.39 is 70.5 Å². The van der Waals surface area contributed by atoms with E-state index in [9.17, 15) is 19.5 Å². The van der Waals surface area contributed by atoms with Crippen LogP contribution in [-0.2, 0) is 33.3 Å². The fourth-order valence-corrected chi connectivity index (χ4v) is 7.79. The fraction of sp³-hybridized carbons (Fsp3) is 0.500. The summed E-state index contributed by atoms with van der Waals surface area (Å²) in [4.78, 5) is 38.9. The molecule has 0 aromatic heterocycles. The Bertz CT molecular complexity index is 1390. The van der Waals surface area contributed by atoms with Crippen LogP contribution < -0.4 is 0 Å². The van der Waals surface area contributed by atoms with Crippen molar-refractivity contribution in [3.63, 3.8) is 0 Å². The fourth-order valence-electron chi connectivity index (χ4n) is 7.79. The number of benzene rings is 2. The van der Waals surface area contributed by atoms with Gasteiger partial charge in [0.1, 0.15) is 23.9 Å². The summed E-state index contributed by atoms with van der Waals surface area (Å²) in [5.74, 6) is -2.42. The Hall–Kier alpha value is -3.69. The maximum Gasteiger partial charge on any atom is 0.338 e. The van der Waals surface area contributed by atoms with Crippen molar-refractivity contribution >= 4 is 24.0 Å². The van der Waals surface area contributed by atoms with Crippen molar-refractivity contribution in [2.45, 2.75) is 95.6 Å². The van der Waals surface area contributed by atoms with Crippen LogP contribution in [-0.4, -0.2) is 64.2 Å². The first kappa shape index (κ1) is 30.8. The van der Waals surface area contributed by atoms with Gasteiger partial charge < -0.3 is 28.8 Å². The molecule has 1 heterocycles. The Kier molecular flexibility index (Phi) is 7.94. The second-order valence-electron chi connectivity index (χ2n) is 12.7. The molecule has 2 aromatic carbocycles. The highest BCUT2D eigenvalue weighted by Gasteiger charge is 2.85. The zero-order valence-electron chi connectivity index (χ0n) is 25.4. The predicted octanol–water partition coefficient (Wildman–Crippen LogP) is 4.86. The van der Waals surface area contributed by atoms with Crippen molar-refractivity contribution in [2.24, 2.45) is 11.3 Å². The number of carbonyl (C=O) groups excluding carboxylic acids is 3. The lowest BCUT2D eigenvalue weighted by Gasteiger charge is -2.65. The van der Waals surface area contributed by atoms with Crippen LogP contribution in [0.2, 0.25) is 0 Å². The lowest BCUT2D eigenvalue weighted by Crippen LogP contribution is -2.81. The third kappa shape index (κ3) is 5.02. The number of esters is 3. The smallest absolute Gasteiger partial charge is 0.338 e. The van der Waals surface area contributed by atoms with Gasteiger partial charge in [-0.3, -0.25) is 9.59 Å². The van der Waals surface area contributed by atoms with Gasteiger partial charge in [-0.05, 0) is 64.3 Å². The van der Waals surface area contributed by atoms with Crippen molar-refractivity contribution in [2.75, 3.05) is 0 Å². The lowest BCUT2D eigenvalue weighted by atomic mass is 9.47. The SMILES string of the molecule is CC(=O)OC1CCC(C)(O)C23OC(C)(C)C(C(OC=Cc4ccccc4)C(OC(=O)c4ccccc4)C12C)C3OC(C)=O. The first-order valence-electron chi connectivity index (χ1n) is 14.6. The topological polar surface area (TPSA) is 118 Å². The number of hydrogen-bond donors (Lipinski definition) is 1. The summed E-state index contributed by atoms with van der Waals surface area (Å²) >= 11 is 0. The molecule has 2 saturated carbocycles.